The van der Waals surface area contributed by atoms with E-state index < -0.39 is 5.92 Å². The summed E-state index contributed by atoms with van der Waals surface area (Å²) in [4.78, 5) is 12.9. The van der Waals surface area contributed by atoms with Gasteiger partial charge in [-0.15, -0.1) is 10.2 Å². The Hall–Kier alpha value is -3.27. The highest BCUT2D eigenvalue weighted by Crippen LogP contribution is 2.49. The van der Waals surface area contributed by atoms with Crippen molar-refractivity contribution in [2.45, 2.75) is 18.3 Å². The highest BCUT2D eigenvalue weighted by Gasteiger charge is 2.48. The molecule has 130 valence electrons. The van der Waals surface area contributed by atoms with Gasteiger partial charge in [-0.05, 0) is 17.9 Å². The normalized spacial score (nSPS) is 19.7. The third-order valence-electron chi connectivity index (χ3n) is 4.92. The molecule has 0 saturated heterocycles. The number of nitriles is 1. The number of nitrogens with zero attached hydrogens (tertiary/aromatic N) is 6. The first-order valence-corrected chi connectivity index (χ1v) is 8.46. The zero-order valence-corrected chi connectivity index (χ0v) is 14.6. The summed E-state index contributed by atoms with van der Waals surface area (Å²) in [6.45, 7) is 0. The zero-order valence-electron chi connectivity index (χ0n) is 14.6. The minimum Gasteiger partial charge on any atom is -0.313 e. The Morgan fingerprint density at radius 3 is 2.69 bits per heavy atom. The molecule has 26 heavy (non-hydrogen) atoms. The van der Waals surface area contributed by atoms with E-state index in [1.165, 1.54) is 0 Å². The molecule has 0 unspecified atom stereocenters. The molecule has 1 aliphatic rings. The minimum atomic E-state index is -0.906. The van der Waals surface area contributed by atoms with Crippen LogP contribution in [0.3, 0.4) is 0 Å². The first-order chi connectivity index (χ1) is 12.6. The van der Waals surface area contributed by atoms with Crippen molar-refractivity contribution in [3.05, 3.63) is 54.1 Å². The highest BCUT2D eigenvalue weighted by molar-refractivity contribution is 5.92. The Labute approximate surface area is 150 Å². The van der Waals surface area contributed by atoms with Gasteiger partial charge in [0.25, 0.3) is 0 Å². The highest BCUT2D eigenvalue weighted by atomic mass is 16.1. The molecule has 2 aromatic heterocycles. The predicted molar refractivity (Wildman–Crippen MR) is 93.9 cm³/mol. The van der Waals surface area contributed by atoms with Gasteiger partial charge < -0.3 is 4.57 Å². The van der Waals surface area contributed by atoms with Gasteiger partial charge in [-0.25, -0.2) is 0 Å². The predicted octanol–water partition coefficient (Wildman–Crippen LogP) is 2.20. The van der Waals surface area contributed by atoms with Gasteiger partial charge in [0.1, 0.15) is 0 Å². The molecule has 0 N–H and O–H groups in total. The maximum atomic E-state index is 12.9. The number of aryl methyl sites for hydroxylation is 1. The van der Waals surface area contributed by atoms with E-state index in [2.05, 4.69) is 21.4 Å². The maximum Gasteiger partial charge on any atom is 0.165 e. The number of hydrogen-bond donors (Lipinski definition) is 0. The molecule has 0 spiro atoms. The smallest absolute Gasteiger partial charge is 0.165 e. The van der Waals surface area contributed by atoms with Crippen LogP contribution >= 0.6 is 0 Å². The van der Waals surface area contributed by atoms with Crippen LogP contribution in [0.4, 0.5) is 0 Å². The Morgan fingerprint density at radius 2 is 2.04 bits per heavy atom. The molecule has 1 aliphatic carbocycles. The number of Topliss-reactive ketones (excluding diaryl/α,β-unsaturated/α-hetero) is 1. The molecule has 7 heteroatoms. The number of carbonyl (C=O) groups is 1. The van der Waals surface area contributed by atoms with Crippen LogP contribution < -0.4 is 0 Å². The van der Waals surface area contributed by atoms with Crippen LogP contribution in [0.15, 0.2) is 42.7 Å². The lowest BCUT2D eigenvalue weighted by molar-refractivity contribution is -0.120. The Kier molecular flexibility index (Phi) is 3.88. The van der Waals surface area contributed by atoms with E-state index in [0.29, 0.717) is 11.6 Å². The van der Waals surface area contributed by atoms with Gasteiger partial charge >= 0.3 is 0 Å². The summed E-state index contributed by atoms with van der Waals surface area (Å²) >= 11 is 0. The number of carbonyl (C=O) groups excluding carboxylic acids is 1. The van der Waals surface area contributed by atoms with Crippen molar-refractivity contribution >= 4 is 5.78 Å². The summed E-state index contributed by atoms with van der Waals surface area (Å²) in [5, 5.41) is 22.1. The second kappa shape index (κ2) is 6.23. The Balaban J connectivity index is 1.58. The van der Waals surface area contributed by atoms with Crippen LogP contribution in [-0.4, -0.2) is 30.3 Å². The second-order valence-electron chi connectivity index (χ2n) is 6.67. The summed E-state index contributed by atoms with van der Waals surface area (Å²) in [6, 6.07) is 11.7. The van der Waals surface area contributed by atoms with Crippen LogP contribution in [0.2, 0.25) is 0 Å². The zero-order chi connectivity index (χ0) is 18.3. The van der Waals surface area contributed by atoms with Gasteiger partial charge in [0.2, 0.25) is 0 Å². The van der Waals surface area contributed by atoms with E-state index in [9.17, 15) is 10.1 Å². The van der Waals surface area contributed by atoms with Gasteiger partial charge in [-0.2, -0.15) is 10.4 Å². The number of benzene rings is 1. The SMILES string of the molecule is Cn1cc([C@@H]2C[C@@H]2C(=O)[C@H](C#N)c2nnc(-c3ccccc3)n2C)cn1. The molecule has 0 radical (unpaired) electrons. The van der Waals surface area contributed by atoms with Crippen LogP contribution in [0.1, 0.15) is 29.6 Å². The first-order valence-electron chi connectivity index (χ1n) is 8.46. The van der Waals surface area contributed by atoms with E-state index in [-0.39, 0.29) is 17.6 Å². The Bertz CT molecular complexity index is 997. The molecule has 1 saturated carbocycles. The topological polar surface area (TPSA) is 89.4 Å². The fourth-order valence-corrected chi connectivity index (χ4v) is 3.40. The maximum absolute atomic E-state index is 12.9. The summed E-state index contributed by atoms with van der Waals surface area (Å²) in [5.74, 6) is 0.0455. The number of rotatable bonds is 5. The summed E-state index contributed by atoms with van der Waals surface area (Å²) in [6.07, 6.45) is 4.47. The fraction of sp³-hybridized carbons (Fsp3) is 0.316. The van der Waals surface area contributed by atoms with Gasteiger partial charge in [0.15, 0.2) is 23.3 Å². The van der Waals surface area contributed by atoms with Crippen LogP contribution in [0, 0.1) is 17.2 Å². The molecule has 0 aliphatic heterocycles. The van der Waals surface area contributed by atoms with E-state index in [4.69, 9.17) is 0 Å². The standard InChI is InChI=1S/C19H18N6O/c1-24-11-13(10-21-24)14-8-15(14)17(26)16(9-20)19-23-22-18(25(19)2)12-6-4-3-5-7-12/h3-7,10-11,14-16H,8H2,1-2H3/t14-,15-,16-/m0/s1. The lowest BCUT2D eigenvalue weighted by Gasteiger charge is -2.08. The van der Waals surface area contributed by atoms with E-state index >= 15 is 0 Å². The van der Waals surface area contributed by atoms with Crippen molar-refractivity contribution in [2.24, 2.45) is 20.0 Å². The van der Waals surface area contributed by atoms with Gasteiger partial charge in [-0.1, -0.05) is 30.3 Å². The average molecular weight is 346 g/mol. The third-order valence-corrected chi connectivity index (χ3v) is 4.92. The molecule has 7 nitrogen and oxygen atoms in total. The molecule has 3 aromatic rings. The van der Waals surface area contributed by atoms with Crippen LogP contribution in [-0.2, 0) is 18.9 Å². The first kappa shape index (κ1) is 16.2. The summed E-state index contributed by atoms with van der Waals surface area (Å²) in [5.41, 5.74) is 1.95. The second-order valence-corrected chi connectivity index (χ2v) is 6.67. The molecular formula is C19H18N6O. The quantitative estimate of drug-likeness (QED) is 0.706. The van der Waals surface area contributed by atoms with Crippen LogP contribution in [0.25, 0.3) is 11.4 Å². The fourth-order valence-electron chi connectivity index (χ4n) is 3.40. The van der Waals surface area contributed by atoms with E-state index in [1.54, 1.807) is 22.5 Å². The van der Waals surface area contributed by atoms with E-state index in [1.807, 2.05) is 43.6 Å². The van der Waals surface area contributed by atoms with Crippen molar-refractivity contribution in [2.75, 3.05) is 0 Å². The molecule has 1 fully saturated rings. The average Bonchev–Trinajstić information content (AvgIpc) is 3.21. The molecule has 4 rings (SSSR count). The lowest BCUT2D eigenvalue weighted by atomic mass is 9.99. The Morgan fingerprint density at radius 1 is 1.27 bits per heavy atom. The van der Waals surface area contributed by atoms with Crippen molar-refractivity contribution in [1.29, 1.82) is 5.26 Å². The monoisotopic (exact) mass is 346 g/mol. The summed E-state index contributed by atoms with van der Waals surface area (Å²) in [7, 11) is 3.65. The number of hydrogen-bond acceptors (Lipinski definition) is 5. The van der Waals surface area contributed by atoms with Crippen molar-refractivity contribution in [1.82, 2.24) is 24.5 Å². The number of ketones is 1. The molecule has 0 bridgehead atoms. The summed E-state index contributed by atoms with van der Waals surface area (Å²) < 4.78 is 3.47. The van der Waals surface area contributed by atoms with Gasteiger partial charge in [-0.3, -0.25) is 9.48 Å². The van der Waals surface area contributed by atoms with Gasteiger partial charge in [0.05, 0.1) is 12.3 Å². The largest absolute Gasteiger partial charge is 0.313 e. The van der Waals surface area contributed by atoms with Crippen molar-refractivity contribution in [3.63, 3.8) is 0 Å². The molecule has 1 aromatic carbocycles. The van der Waals surface area contributed by atoms with E-state index in [0.717, 1.165) is 17.5 Å². The molecule has 0 amide bonds. The lowest BCUT2D eigenvalue weighted by Crippen LogP contribution is -2.17. The minimum absolute atomic E-state index is 0.0866. The van der Waals surface area contributed by atoms with Gasteiger partial charge in [0, 0.05) is 31.8 Å². The molecule has 2 heterocycles. The van der Waals surface area contributed by atoms with Crippen LogP contribution in [0.5, 0.6) is 0 Å². The number of aromatic nitrogens is 5. The molecular weight excluding hydrogens is 328 g/mol. The van der Waals surface area contributed by atoms with Crippen molar-refractivity contribution < 1.29 is 4.79 Å². The third kappa shape index (κ3) is 2.69. The molecule has 3 atom stereocenters. The van der Waals surface area contributed by atoms with Crippen molar-refractivity contribution in [3.8, 4) is 17.5 Å².